The minimum Gasteiger partial charge on any atom is -0.273 e. The summed E-state index contributed by atoms with van der Waals surface area (Å²) in [5, 5.41) is 15.3. The summed E-state index contributed by atoms with van der Waals surface area (Å²) in [6, 6.07) is 12.2. The highest BCUT2D eigenvalue weighted by atomic mass is 32.2. The molecule has 1 atom stereocenters. The second-order valence-electron chi connectivity index (χ2n) is 7.66. The molecular weight excluding hydrogens is 462 g/mol. The Hall–Kier alpha value is -2.43. The molecule has 0 N–H and O–H groups in total. The first kappa shape index (κ1) is 21.4. The number of aryl methyl sites for hydroxylation is 1. The summed E-state index contributed by atoms with van der Waals surface area (Å²) in [6.45, 7) is 2.73. The number of fused-ring (bicyclic) bond motifs is 1. The summed E-state index contributed by atoms with van der Waals surface area (Å²) in [5.74, 6) is 0.0568. The van der Waals surface area contributed by atoms with Crippen LogP contribution in [0.25, 0.3) is 0 Å². The molecule has 1 aromatic heterocycles. The fourth-order valence-electron chi connectivity index (χ4n) is 3.69. The smallest absolute Gasteiger partial charge is 0.253 e. The van der Waals surface area contributed by atoms with Gasteiger partial charge in [-0.1, -0.05) is 47.7 Å². The largest absolute Gasteiger partial charge is 0.273 e. The van der Waals surface area contributed by atoms with Crippen LogP contribution in [0.15, 0.2) is 57.0 Å². The first-order valence-corrected chi connectivity index (χ1v) is 13.0. The van der Waals surface area contributed by atoms with Crippen molar-refractivity contribution in [3.8, 4) is 0 Å². The first-order chi connectivity index (χ1) is 15.6. The van der Waals surface area contributed by atoms with Gasteiger partial charge in [0.1, 0.15) is 0 Å². The van der Waals surface area contributed by atoms with Gasteiger partial charge in [0.2, 0.25) is 5.91 Å². The molecule has 3 aliphatic rings. The number of hydrogen-bond acceptors (Lipinski definition) is 8. The third-order valence-corrected chi connectivity index (χ3v) is 8.32. The van der Waals surface area contributed by atoms with Gasteiger partial charge in [-0.2, -0.15) is 15.2 Å². The van der Waals surface area contributed by atoms with Crippen molar-refractivity contribution < 1.29 is 9.59 Å². The quantitative estimate of drug-likeness (QED) is 0.642. The number of nitrogens with zero attached hydrogens (tertiary/aromatic N) is 5. The minimum atomic E-state index is -0.115. The van der Waals surface area contributed by atoms with E-state index >= 15 is 0 Å². The van der Waals surface area contributed by atoms with Crippen LogP contribution in [0.5, 0.6) is 0 Å². The molecule has 0 spiro atoms. The highest BCUT2D eigenvalue weighted by molar-refractivity contribution is 8.45. The molecule has 7 nitrogen and oxygen atoms in total. The summed E-state index contributed by atoms with van der Waals surface area (Å²) < 4.78 is 0.736. The first-order valence-electron chi connectivity index (χ1n) is 10.3. The number of carbonyl (C=O) groups excluding carboxylic acids is 2. The van der Waals surface area contributed by atoms with Crippen LogP contribution in [-0.2, 0) is 9.59 Å². The highest BCUT2D eigenvalue weighted by Gasteiger charge is 2.34. The lowest BCUT2D eigenvalue weighted by Gasteiger charge is -2.22. The summed E-state index contributed by atoms with van der Waals surface area (Å²) in [4.78, 5) is 30.2. The van der Waals surface area contributed by atoms with Crippen molar-refractivity contribution in [3.63, 3.8) is 0 Å². The van der Waals surface area contributed by atoms with E-state index in [1.54, 1.807) is 21.4 Å². The zero-order valence-corrected chi connectivity index (χ0v) is 19.9. The number of thioether (sulfide) groups is 2. The second kappa shape index (κ2) is 9.21. The van der Waals surface area contributed by atoms with Crippen molar-refractivity contribution in [2.45, 2.75) is 32.2 Å². The number of aliphatic imine (C=N–C) groups is 1. The molecule has 164 valence electrons. The molecule has 0 aliphatic carbocycles. The third kappa shape index (κ3) is 4.53. The Balaban J connectivity index is 1.31. The fourth-order valence-corrected chi connectivity index (χ4v) is 6.26. The molecular formula is C22H21N5O2S3. The van der Waals surface area contributed by atoms with Gasteiger partial charge < -0.3 is 0 Å². The second-order valence-corrected chi connectivity index (χ2v) is 10.8. The van der Waals surface area contributed by atoms with Crippen molar-refractivity contribution in [1.82, 2.24) is 10.0 Å². The van der Waals surface area contributed by atoms with Gasteiger partial charge in [-0.05, 0) is 42.1 Å². The van der Waals surface area contributed by atoms with Crippen molar-refractivity contribution in [2.75, 3.05) is 12.3 Å². The molecule has 0 unspecified atom stereocenters. The van der Waals surface area contributed by atoms with Gasteiger partial charge in [-0.15, -0.1) is 11.3 Å². The summed E-state index contributed by atoms with van der Waals surface area (Å²) in [6.07, 6.45) is 1.89. The zero-order valence-electron chi connectivity index (χ0n) is 17.4. The minimum absolute atomic E-state index is 0.0597. The molecule has 0 bridgehead atoms. The van der Waals surface area contributed by atoms with E-state index in [1.807, 2.05) is 17.5 Å². The SMILES string of the molecule is Cc1ccc([C@@H]2CC(c3cccs3)=NN2C(=O)CSC2=NN3CCCC(=O)N=C3S2)cc1. The van der Waals surface area contributed by atoms with E-state index in [-0.39, 0.29) is 23.6 Å². The number of benzene rings is 1. The van der Waals surface area contributed by atoms with Gasteiger partial charge in [0.05, 0.1) is 22.4 Å². The van der Waals surface area contributed by atoms with E-state index in [0.29, 0.717) is 24.6 Å². The van der Waals surface area contributed by atoms with Gasteiger partial charge in [-0.3, -0.25) is 9.59 Å². The predicted octanol–water partition coefficient (Wildman–Crippen LogP) is 4.46. The molecule has 4 heterocycles. The molecule has 0 saturated heterocycles. The van der Waals surface area contributed by atoms with E-state index in [4.69, 9.17) is 5.10 Å². The Bertz CT molecular complexity index is 1120. The highest BCUT2D eigenvalue weighted by Crippen LogP contribution is 2.35. The molecule has 1 aromatic carbocycles. The predicted molar refractivity (Wildman–Crippen MR) is 132 cm³/mol. The van der Waals surface area contributed by atoms with Crippen molar-refractivity contribution in [3.05, 3.63) is 57.8 Å². The van der Waals surface area contributed by atoms with E-state index in [9.17, 15) is 9.59 Å². The lowest BCUT2D eigenvalue weighted by atomic mass is 10.00. The molecule has 2 aromatic rings. The molecule has 32 heavy (non-hydrogen) atoms. The number of hydrogen-bond donors (Lipinski definition) is 0. The van der Waals surface area contributed by atoms with Gasteiger partial charge >= 0.3 is 0 Å². The number of rotatable bonds is 4. The van der Waals surface area contributed by atoms with Crippen LogP contribution in [0.3, 0.4) is 0 Å². The van der Waals surface area contributed by atoms with Crippen LogP contribution < -0.4 is 0 Å². The molecule has 5 rings (SSSR count). The normalized spacial score (nSPS) is 20.6. The molecule has 10 heteroatoms. The zero-order chi connectivity index (χ0) is 22.1. The number of thiophene rings is 1. The van der Waals surface area contributed by atoms with Crippen LogP contribution >= 0.6 is 34.9 Å². The van der Waals surface area contributed by atoms with Gasteiger partial charge in [0.15, 0.2) is 9.54 Å². The Labute approximate surface area is 198 Å². The maximum absolute atomic E-state index is 13.2. The number of hydrazone groups is 2. The van der Waals surface area contributed by atoms with Gasteiger partial charge in [-0.25, -0.2) is 10.0 Å². The van der Waals surface area contributed by atoms with E-state index < -0.39 is 0 Å². The van der Waals surface area contributed by atoms with Crippen LogP contribution in [0.4, 0.5) is 0 Å². The molecule has 3 aliphatic heterocycles. The van der Waals surface area contributed by atoms with Gasteiger partial charge in [0.25, 0.3) is 5.91 Å². The molecule has 0 radical (unpaired) electrons. The van der Waals surface area contributed by atoms with Crippen molar-refractivity contribution >= 4 is 61.9 Å². The Morgan fingerprint density at radius 1 is 1.22 bits per heavy atom. The van der Waals surface area contributed by atoms with Crippen LogP contribution in [-0.4, -0.2) is 49.4 Å². The maximum Gasteiger partial charge on any atom is 0.253 e. The molecule has 0 fully saturated rings. The van der Waals surface area contributed by atoms with Crippen LogP contribution in [0.2, 0.25) is 0 Å². The lowest BCUT2D eigenvalue weighted by Crippen LogP contribution is -2.28. The maximum atomic E-state index is 13.2. The number of carbonyl (C=O) groups is 2. The van der Waals surface area contributed by atoms with Crippen molar-refractivity contribution in [2.24, 2.45) is 15.2 Å². The molecule has 0 saturated carbocycles. The topological polar surface area (TPSA) is 77.7 Å². The fraction of sp³-hybridized carbons (Fsp3) is 0.318. The number of amidine groups is 1. The Kier molecular flexibility index (Phi) is 6.16. The van der Waals surface area contributed by atoms with E-state index in [1.165, 1.54) is 29.1 Å². The van der Waals surface area contributed by atoms with E-state index in [2.05, 4.69) is 41.3 Å². The Morgan fingerprint density at radius 2 is 2.06 bits per heavy atom. The third-order valence-electron chi connectivity index (χ3n) is 5.34. The number of amides is 2. The Morgan fingerprint density at radius 3 is 2.84 bits per heavy atom. The van der Waals surface area contributed by atoms with Crippen molar-refractivity contribution in [1.29, 1.82) is 0 Å². The van der Waals surface area contributed by atoms with Crippen LogP contribution in [0, 0.1) is 6.92 Å². The van der Waals surface area contributed by atoms with Gasteiger partial charge in [0, 0.05) is 19.4 Å². The lowest BCUT2D eigenvalue weighted by molar-refractivity contribution is -0.130. The van der Waals surface area contributed by atoms with E-state index in [0.717, 1.165) is 26.9 Å². The summed E-state index contributed by atoms with van der Waals surface area (Å²) in [5.41, 5.74) is 3.21. The molecule has 2 amide bonds. The standard InChI is InChI=1S/C22H21N5O2S3/c1-14-6-8-15(9-7-14)17-12-16(18-4-3-11-30-18)24-27(17)20(29)13-31-22-25-26-10-2-5-19(28)23-21(26)32-22/h3-4,6-9,11,17H,2,5,10,12-13H2,1H3/t17-/m0/s1. The monoisotopic (exact) mass is 483 g/mol. The summed E-state index contributed by atoms with van der Waals surface area (Å²) >= 11 is 4.37. The average Bonchev–Trinajstić information content (AvgIpc) is 3.51. The van der Waals surface area contributed by atoms with Crippen LogP contribution in [0.1, 0.15) is 41.3 Å². The summed E-state index contributed by atoms with van der Waals surface area (Å²) in [7, 11) is 0. The average molecular weight is 484 g/mol.